The third-order valence-corrected chi connectivity index (χ3v) is 5.83. The Kier molecular flexibility index (Phi) is 4.21. The Hall–Kier alpha value is -2.71. The molecule has 4 rings (SSSR count). The van der Waals surface area contributed by atoms with E-state index >= 15 is 0 Å². The molecule has 3 aromatic heterocycles. The Labute approximate surface area is 157 Å². The Balaban J connectivity index is 1.60. The van der Waals surface area contributed by atoms with Gasteiger partial charge in [0.25, 0.3) is 5.91 Å². The molecule has 0 saturated carbocycles. The molecule has 0 aliphatic rings. The van der Waals surface area contributed by atoms with E-state index in [-0.39, 0.29) is 11.8 Å². The SMILES string of the molecule is CCC(=O)Nc1ccc(C)c(NC(=O)c2cc3c(nc4sccn43)s2)c1. The number of nitrogens with one attached hydrogen (secondary N) is 2. The van der Waals surface area contributed by atoms with E-state index in [1.165, 1.54) is 11.3 Å². The molecule has 0 bridgehead atoms. The minimum atomic E-state index is -0.181. The Bertz CT molecular complexity index is 1140. The maximum absolute atomic E-state index is 12.7. The highest BCUT2D eigenvalue weighted by Crippen LogP contribution is 2.29. The first-order valence-corrected chi connectivity index (χ1v) is 9.81. The lowest BCUT2D eigenvalue weighted by Gasteiger charge is -2.10. The predicted octanol–water partition coefficient (Wildman–Crippen LogP) is 4.52. The molecule has 0 aliphatic heterocycles. The summed E-state index contributed by atoms with van der Waals surface area (Å²) in [6.07, 6.45) is 2.36. The van der Waals surface area contributed by atoms with Gasteiger partial charge >= 0.3 is 0 Å². The predicted molar refractivity (Wildman–Crippen MR) is 107 cm³/mol. The van der Waals surface area contributed by atoms with Gasteiger partial charge in [-0.05, 0) is 30.7 Å². The van der Waals surface area contributed by atoms with Gasteiger partial charge in [0, 0.05) is 29.4 Å². The topological polar surface area (TPSA) is 75.5 Å². The quantitative estimate of drug-likeness (QED) is 0.543. The smallest absolute Gasteiger partial charge is 0.265 e. The average Bonchev–Trinajstić information content (AvgIpc) is 3.29. The molecule has 8 heteroatoms. The number of imidazole rings is 1. The van der Waals surface area contributed by atoms with Crippen LogP contribution < -0.4 is 10.6 Å². The highest BCUT2D eigenvalue weighted by Gasteiger charge is 2.16. The highest BCUT2D eigenvalue weighted by molar-refractivity contribution is 7.21. The van der Waals surface area contributed by atoms with Crippen LogP contribution in [0.1, 0.15) is 28.6 Å². The van der Waals surface area contributed by atoms with E-state index in [1.54, 1.807) is 24.3 Å². The second-order valence-corrected chi connectivity index (χ2v) is 7.76. The number of anilines is 2. The fourth-order valence-corrected chi connectivity index (χ4v) is 4.32. The summed E-state index contributed by atoms with van der Waals surface area (Å²) in [7, 11) is 0. The van der Waals surface area contributed by atoms with Crippen LogP contribution in [0.25, 0.3) is 15.3 Å². The molecule has 2 amide bonds. The second-order valence-electron chi connectivity index (χ2n) is 5.85. The highest BCUT2D eigenvalue weighted by atomic mass is 32.1. The van der Waals surface area contributed by atoms with Crippen LogP contribution in [0.5, 0.6) is 0 Å². The van der Waals surface area contributed by atoms with Gasteiger partial charge in [-0.3, -0.25) is 14.0 Å². The van der Waals surface area contributed by atoms with Crippen LogP contribution in [0.3, 0.4) is 0 Å². The van der Waals surface area contributed by atoms with E-state index < -0.39 is 0 Å². The molecule has 26 heavy (non-hydrogen) atoms. The van der Waals surface area contributed by atoms with E-state index in [0.29, 0.717) is 22.7 Å². The van der Waals surface area contributed by atoms with Gasteiger partial charge in [-0.25, -0.2) is 4.98 Å². The van der Waals surface area contributed by atoms with Gasteiger partial charge in [0.15, 0.2) is 4.96 Å². The number of hydrogen-bond acceptors (Lipinski definition) is 5. The van der Waals surface area contributed by atoms with Crippen LogP contribution in [0, 0.1) is 6.92 Å². The summed E-state index contributed by atoms with van der Waals surface area (Å²) in [4.78, 5) is 31.2. The number of thiophene rings is 1. The van der Waals surface area contributed by atoms with Crippen molar-refractivity contribution >= 4 is 61.2 Å². The van der Waals surface area contributed by atoms with Crippen molar-refractivity contribution in [3.63, 3.8) is 0 Å². The van der Waals surface area contributed by atoms with E-state index in [2.05, 4.69) is 15.6 Å². The molecule has 0 unspecified atom stereocenters. The van der Waals surface area contributed by atoms with E-state index in [9.17, 15) is 9.59 Å². The van der Waals surface area contributed by atoms with Crippen LogP contribution >= 0.6 is 22.7 Å². The molecule has 0 spiro atoms. The molecule has 1 aromatic carbocycles. The standard InChI is InChI=1S/C18H16N4O2S2/c1-3-15(23)19-11-5-4-10(2)12(8-11)20-16(24)14-9-13-17(26-14)21-18-22(13)6-7-25-18/h4-9H,3H2,1-2H3,(H,19,23)(H,20,24). The van der Waals surface area contributed by atoms with Crippen molar-refractivity contribution in [2.24, 2.45) is 0 Å². The fourth-order valence-electron chi connectivity index (χ4n) is 2.63. The van der Waals surface area contributed by atoms with Crippen LogP contribution in [0.4, 0.5) is 11.4 Å². The number of fused-ring (bicyclic) bond motifs is 3. The summed E-state index contributed by atoms with van der Waals surface area (Å²) in [6, 6.07) is 7.34. The van der Waals surface area contributed by atoms with Crippen molar-refractivity contribution in [1.82, 2.24) is 9.38 Å². The lowest BCUT2D eigenvalue weighted by Crippen LogP contribution is -2.13. The number of hydrogen-bond donors (Lipinski definition) is 2. The maximum Gasteiger partial charge on any atom is 0.265 e. The van der Waals surface area contributed by atoms with Crippen molar-refractivity contribution in [3.05, 3.63) is 46.3 Å². The van der Waals surface area contributed by atoms with Gasteiger partial charge in [0.2, 0.25) is 5.91 Å². The van der Waals surface area contributed by atoms with Gasteiger partial charge in [-0.15, -0.1) is 22.7 Å². The van der Waals surface area contributed by atoms with Crippen molar-refractivity contribution in [3.8, 4) is 0 Å². The summed E-state index contributed by atoms with van der Waals surface area (Å²) < 4.78 is 1.99. The van der Waals surface area contributed by atoms with Crippen LogP contribution in [-0.4, -0.2) is 21.2 Å². The molecule has 132 valence electrons. The molecule has 3 heterocycles. The average molecular weight is 384 g/mol. The summed E-state index contributed by atoms with van der Waals surface area (Å²) >= 11 is 2.94. The Morgan fingerprint density at radius 2 is 2.08 bits per heavy atom. The molecule has 0 radical (unpaired) electrons. The molecule has 0 saturated heterocycles. The van der Waals surface area contributed by atoms with E-state index in [0.717, 1.165) is 20.9 Å². The number of carbonyl (C=O) groups excluding carboxylic acids is 2. The van der Waals surface area contributed by atoms with Gasteiger partial charge in [0.05, 0.1) is 10.4 Å². The van der Waals surface area contributed by atoms with E-state index in [1.807, 2.05) is 41.1 Å². The van der Waals surface area contributed by atoms with Crippen molar-refractivity contribution in [2.75, 3.05) is 10.6 Å². The Morgan fingerprint density at radius 3 is 2.88 bits per heavy atom. The summed E-state index contributed by atoms with van der Waals surface area (Å²) in [5.74, 6) is -0.245. The minimum absolute atomic E-state index is 0.0639. The zero-order chi connectivity index (χ0) is 18.3. The first kappa shape index (κ1) is 16.7. The lowest BCUT2D eigenvalue weighted by atomic mass is 10.1. The van der Waals surface area contributed by atoms with Crippen molar-refractivity contribution in [1.29, 1.82) is 0 Å². The van der Waals surface area contributed by atoms with Gasteiger partial charge in [0.1, 0.15) is 4.83 Å². The van der Waals surface area contributed by atoms with Gasteiger partial charge in [-0.1, -0.05) is 13.0 Å². The first-order valence-electron chi connectivity index (χ1n) is 8.12. The number of amides is 2. The monoisotopic (exact) mass is 384 g/mol. The normalized spacial score (nSPS) is 11.2. The van der Waals surface area contributed by atoms with Crippen molar-refractivity contribution < 1.29 is 9.59 Å². The molecule has 2 N–H and O–H groups in total. The van der Waals surface area contributed by atoms with Gasteiger partial charge < -0.3 is 10.6 Å². The summed E-state index contributed by atoms with van der Waals surface area (Å²) in [5.41, 5.74) is 3.21. The molecule has 4 aromatic rings. The zero-order valence-electron chi connectivity index (χ0n) is 14.2. The first-order chi connectivity index (χ1) is 12.5. The minimum Gasteiger partial charge on any atom is -0.326 e. The van der Waals surface area contributed by atoms with Crippen LogP contribution in [0.15, 0.2) is 35.8 Å². The molecular formula is C18H16N4O2S2. The van der Waals surface area contributed by atoms with Crippen LogP contribution in [0.2, 0.25) is 0 Å². The van der Waals surface area contributed by atoms with E-state index in [4.69, 9.17) is 0 Å². The second kappa shape index (κ2) is 6.54. The lowest BCUT2D eigenvalue weighted by molar-refractivity contribution is -0.115. The third kappa shape index (κ3) is 2.97. The summed E-state index contributed by atoms with van der Waals surface area (Å²) in [5, 5.41) is 7.71. The number of nitrogens with zero attached hydrogens (tertiary/aromatic N) is 2. The molecule has 0 fully saturated rings. The molecule has 0 atom stereocenters. The summed E-state index contributed by atoms with van der Waals surface area (Å²) in [6.45, 7) is 3.71. The van der Waals surface area contributed by atoms with Crippen molar-refractivity contribution in [2.45, 2.75) is 20.3 Å². The zero-order valence-corrected chi connectivity index (χ0v) is 15.8. The van der Waals surface area contributed by atoms with Gasteiger partial charge in [-0.2, -0.15) is 0 Å². The number of aromatic nitrogens is 2. The molecule has 6 nitrogen and oxygen atoms in total. The number of thiazole rings is 1. The number of benzene rings is 1. The Morgan fingerprint density at radius 1 is 1.23 bits per heavy atom. The van der Waals surface area contributed by atoms with Crippen LogP contribution in [-0.2, 0) is 4.79 Å². The number of aryl methyl sites for hydroxylation is 1. The fraction of sp³-hybridized carbons (Fsp3) is 0.167. The molecular weight excluding hydrogens is 368 g/mol. The largest absolute Gasteiger partial charge is 0.326 e. The number of carbonyl (C=O) groups is 2. The number of rotatable bonds is 4. The maximum atomic E-state index is 12.7. The molecule has 0 aliphatic carbocycles. The third-order valence-electron chi connectivity index (χ3n) is 4.05.